The highest BCUT2D eigenvalue weighted by molar-refractivity contribution is 5.37. The Morgan fingerprint density at radius 2 is 1.67 bits per heavy atom. The topological polar surface area (TPSA) is 51.4 Å². The van der Waals surface area contributed by atoms with E-state index < -0.39 is 0 Å². The van der Waals surface area contributed by atoms with Gasteiger partial charge in [0.1, 0.15) is 5.75 Å². The summed E-state index contributed by atoms with van der Waals surface area (Å²) in [5.41, 5.74) is 0.962. The maximum atomic E-state index is 13.2. The van der Waals surface area contributed by atoms with Gasteiger partial charge in [-0.2, -0.15) is 0 Å². The van der Waals surface area contributed by atoms with Crippen LogP contribution in [0.5, 0.6) is 5.75 Å². The van der Waals surface area contributed by atoms with Crippen LogP contribution in [0.2, 0.25) is 0 Å². The van der Waals surface area contributed by atoms with Gasteiger partial charge >= 0.3 is 5.69 Å². The first-order valence-electron chi connectivity index (χ1n) is 13.1. The van der Waals surface area contributed by atoms with E-state index in [1.165, 1.54) is 12.8 Å². The molecule has 182 valence electrons. The Morgan fingerprint density at radius 3 is 2.30 bits per heavy atom. The first-order chi connectivity index (χ1) is 16.1. The molecule has 1 heterocycles. The Hall–Kier alpha value is -2.05. The van der Waals surface area contributed by atoms with Crippen LogP contribution in [0.15, 0.2) is 41.5 Å². The second-order valence-electron chi connectivity index (χ2n) is 9.94. The van der Waals surface area contributed by atoms with Gasteiger partial charge in [-0.3, -0.25) is 9.13 Å². The summed E-state index contributed by atoms with van der Waals surface area (Å²) in [6.45, 7) is 10.0. The average molecular weight is 455 g/mol. The van der Waals surface area contributed by atoms with Crippen LogP contribution in [0.1, 0.15) is 78.2 Å². The van der Waals surface area contributed by atoms with Crippen LogP contribution in [0.4, 0.5) is 0 Å². The van der Waals surface area contributed by atoms with Crippen molar-refractivity contribution in [3.05, 3.63) is 47.1 Å². The number of aromatic nitrogens is 2. The average Bonchev–Trinajstić information content (AvgIpc) is 3.48. The lowest BCUT2D eigenvalue weighted by Gasteiger charge is -2.33. The molecule has 2 saturated carbocycles. The molecule has 2 aliphatic carbocycles. The van der Waals surface area contributed by atoms with Gasteiger partial charge in [0, 0.05) is 37.1 Å². The summed E-state index contributed by atoms with van der Waals surface area (Å²) in [6.07, 6.45) is 13.4. The molecule has 2 aliphatic rings. The lowest BCUT2D eigenvalue weighted by atomic mass is 9.90. The van der Waals surface area contributed by atoms with Crippen molar-refractivity contribution in [2.24, 2.45) is 0 Å². The van der Waals surface area contributed by atoms with Crippen LogP contribution in [-0.4, -0.2) is 51.9 Å². The van der Waals surface area contributed by atoms with Crippen LogP contribution in [0.3, 0.4) is 0 Å². The van der Waals surface area contributed by atoms with Gasteiger partial charge in [0.2, 0.25) is 0 Å². The molecule has 1 atom stereocenters. The highest BCUT2D eigenvalue weighted by Gasteiger charge is 2.25. The van der Waals surface area contributed by atoms with E-state index in [2.05, 4.69) is 31.0 Å². The lowest BCUT2D eigenvalue weighted by Crippen LogP contribution is -2.45. The van der Waals surface area contributed by atoms with Gasteiger partial charge < -0.3 is 15.0 Å². The standard InChI is InChI=1S/C27H42N4O2/c1-4-29(5-2)20-21(3)28-22-10-12-23(13-11-22)30-18-19-31(27(30)32)24-14-16-26(17-15-24)33-25-8-6-7-9-25/h14-19,21-23,25,28H,4-13,20H2,1-3H3. The maximum absolute atomic E-state index is 13.2. The van der Waals surface area contributed by atoms with E-state index in [0.717, 1.165) is 69.6 Å². The van der Waals surface area contributed by atoms with Crippen molar-refractivity contribution in [2.75, 3.05) is 19.6 Å². The van der Waals surface area contributed by atoms with E-state index in [1.807, 2.05) is 41.2 Å². The van der Waals surface area contributed by atoms with Crippen LogP contribution in [0, 0.1) is 0 Å². The molecule has 1 unspecified atom stereocenters. The van der Waals surface area contributed by atoms with Crippen molar-refractivity contribution in [3.63, 3.8) is 0 Å². The Labute approximate surface area is 198 Å². The number of benzene rings is 1. The zero-order chi connectivity index (χ0) is 23.2. The molecule has 0 amide bonds. The van der Waals surface area contributed by atoms with Gasteiger partial charge in [0.05, 0.1) is 11.8 Å². The third-order valence-electron chi connectivity index (χ3n) is 7.56. The molecule has 0 saturated heterocycles. The van der Waals surface area contributed by atoms with E-state index in [0.29, 0.717) is 24.2 Å². The maximum Gasteiger partial charge on any atom is 0.332 e. The number of nitrogens with zero attached hydrogens (tertiary/aromatic N) is 3. The summed E-state index contributed by atoms with van der Waals surface area (Å²) in [5.74, 6) is 0.902. The van der Waals surface area contributed by atoms with Crippen molar-refractivity contribution in [3.8, 4) is 11.4 Å². The third-order valence-corrected chi connectivity index (χ3v) is 7.56. The summed E-state index contributed by atoms with van der Waals surface area (Å²) < 4.78 is 9.77. The van der Waals surface area contributed by atoms with E-state index in [-0.39, 0.29) is 5.69 Å². The molecule has 2 aromatic rings. The summed E-state index contributed by atoms with van der Waals surface area (Å²) in [7, 11) is 0. The van der Waals surface area contributed by atoms with Gasteiger partial charge in [-0.25, -0.2) is 4.79 Å². The molecular weight excluding hydrogens is 412 g/mol. The Morgan fingerprint density at radius 1 is 1.00 bits per heavy atom. The number of hydrogen-bond donors (Lipinski definition) is 1. The molecule has 6 nitrogen and oxygen atoms in total. The number of nitrogens with one attached hydrogen (secondary N) is 1. The summed E-state index contributed by atoms with van der Waals surface area (Å²) in [4.78, 5) is 15.6. The molecule has 0 aliphatic heterocycles. The van der Waals surface area contributed by atoms with Crippen molar-refractivity contribution < 1.29 is 4.74 Å². The Kier molecular flexibility index (Phi) is 8.31. The number of hydrogen-bond acceptors (Lipinski definition) is 4. The monoisotopic (exact) mass is 454 g/mol. The van der Waals surface area contributed by atoms with Crippen LogP contribution >= 0.6 is 0 Å². The second kappa shape index (κ2) is 11.4. The molecule has 1 aromatic heterocycles. The van der Waals surface area contributed by atoms with Crippen molar-refractivity contribution >= 4 is 0 Å². The predicted molar refractivity (Wildman–Crippen MR) is 135 cm³/mol. The molecule has 0 bridgehead atoms. The Balaban J connectivity index is 1.31. The quantitative estimate of drug-likeness (QED) is 0.562. The third kappa shape index (κ3) is 6.10. The number of rotatable bonds is 10. The van der Waals surface area contributed by atoms with E-state index >= 15 is 0 Å². The predicted octanol–water partition coefficient (Wildman–Crippen LogP) is 4.76. The van der Waals surface area contributed by atoms with Crippen molar-refractivity contribution in [2.45, 2.75) is 96.4 Å². The molecular formula is C27H42N4O2. The van der Waals surface area contributed by atoms with Gasteiger partial charge in [-0.1, -0.05) is 13.8 Å². The fourth-order valence-electron chi connectivity index (χ4n) is 5.59. The molecule has 0 spiro atoms. The zero-order valence-corrected chi connectivity index (χ0v) is 20.7. The minimum absolute atomic E-state index is 0.0609. The fourth-order valence-corrected chi connectivity index (χ4v) is 5.59. The van der Waals surface area contributed by atoms with E-state index in [1.54, 1.807) is 4.57 Å². The second-order valence-corrected chi connectivity index (χ2v) is 9.94. The van der Waals surface area contributed by atoms with E-state index in [9.17, 15) is 4.79 Å². The molecule has 0 radical (unpaired) electrons. The van der Waals surface area contributed by atoms with Crippen LogP contribution < -0.4 is 15.7 Å². The van der Waals surface area contributed by atoms with Gasteiger partial charge in [0.25, 0.3) is 0 Å². The smallest absolute Gasteiger partial charge is 0.332 e. The highest BCUT2D eigenvalue weighted by atomic mass is 16.5. The molecule has 2 fully saturated rings. The SMILES string of the molecule is CCN(CC)CC(C)NC1CCC(n2ccn(-c3ccc(OC4CCCC4)cc3)c2=O)CC1. The lowest BCUT2D eigenvalue weighted by molar-refractivity contribution is 0.210. The summed E-state index contributed by atoms with van der Waals surface area (Å²) in [5, 5.41) is 3.82. The van der Waals surface area contributed by atoms with Crippen molar-refractivity contribution in [1.29, 1.82) is 0 Å². The van der Waals surface area contributed by atoms with Crippen molar-refractivity contribution in [1.82, 2.24) is 19.4 Å². The zero-order valence-electron chi connectivity index (χ0n) is 20.7. The molecule has 6 heteroatoms. The fraction of sp³-hybridized carbons (Fsp3) is 0.667. The largest absolute Gasteiger partial charge is 0.490 e. The summed E-state index contributed by atoms with van der Waals surface area (Å²) in [6, 6.07) is 9.32. The van der Waals surface area contributed by atoms with Gasteiger partial charge in [-0.15, -0.1) is 0 Å². The first kappa shape index (κ1) is 24.1. The van der Waals surface area contributed by atoms with E-state index in [4.69, 9.17) is 4.74 Å². The normalized spacial score (nSPS) is 22.7. The van der Waals surface area contributed by atoms with Gasteiger partial charge in [-0.05, 0) is 95.6 Å². The molecule has 1 N–H and O–H groups in total. The number of imidazole rings is 1. The first-order valence-corrected chi connectivity index (χ1v) is 13.1. The molecule has 4 rings (SSSR count). The molecule has 1 aromatic carbocycles. The number of ether oxygens (including phenoxy) is 1. The van der Waals surface area contributed by atoms with Crippen LogP contribution in [0.25, 0.3) is 5.69 Å². The highest BCUT2D eigenvalue weighted by Crippen LogP contribution is 2.28. The minimum atomic E-state index is 0.0609. The molecule has 33 heavy (non-hydrogen) atoms. The minimum Gasteiger partial charge on any atom is -0.490 e. The number of likely N-dealkylation sites (N-methyl/N-ethyl adjacent to an activating group) is 1. The van der Waals surface area contributed by atoms with Gasteiger partial charge in [0.15, 0.2) is 0 Å². The van der Waals surface area contributed by atoms with Crippen LogP contribution in [-0.2, 0) is 0 Å². The summed E-state index contributed by atoms with van der Waals surface area (Å²) >= 11 is 0. The Bertz CT molecular complexity index is 901.